The highest BCUT2D eigenvalue weighted by molar-refractivity contribution is 6.03. The van der Waals surface area contributed by atoms with Crippen LogP contribution in [0.2, 0.25) is 0 Å². The SMILES string of the molecule is O=C(c1cccc(O)c1F)C1CNc2ncc(-c3ccccc3)cc21. The topological polar surface area (TPSA) is 62.2 Å². The van der Waals surface area contributed by atoms with Crippen molar-refractivity contribution in [3.8, 4) is 16.9 Å². The van der Waals surface area contributed by atoms with E-state index in [1.165, 1.54) is 18.2 Å². The molecule has 3 aromatic rings. The van der Waals surface area contributed by atoms with Crippen LogP contribution in [-0.2, 0) is 0 Å². The summed E-state index contributed by atoms with van der Waals surface area (Å²) in [5.74, 6) is -1.67. The van der Waals surface area contributed by atoms with Crippen LogP contribution in [0, 0.1) is 5.82 Å². The third kappa shape index (κ3) is 2.63. The number of carbonyl (C=O) groups excluding carboxylic acids is 1. The number of fused-ring (bicyclic) bond motifs is 1. The number of hydrogen-bond acceptors (Lipinski definition) is 4. The lowest BCUT2D eigenvalue weighted by Crippen LogP contribution is -2.16. The number of nitrogens with one attached hydrogen (secondary N) is 1. The summed E-state index contributed by atoms with van der Waals surface area (Å²) in [5, 5.41) is 12.6. The molecule has 4 rings (SSSR count). The van der Waals surface area contributed by atoms with Crippen molar-refractivity contribution in [2.45, 2.75) is 5.92 Å². The lowest BCUT2D eigenvalue weighted by atomic mass is 9.91. The number of benzene rings is 2. The molecule has 2 heterocycles. The number of pyridine rings is 1. The van der Waals surface area contributed by atoms with Crippen LogP contribution in [0.5, 0.6) is 5.75 Å². The predicted molar refractivity (Wildman–Crippen MR) is 93.3 cm³/mol. The summed E-state index contributed by atoms with van der Waals surface area (Å²) in [7, 11) is 0. The molecule has 0 aliphatic carbocycles. The average molecular weight is 334 g/mol. The third-order valence-electron chi connectivity index (χ3n) is 4.43. The first-order valence-corrected chi connectivity index (χ1v) is 7.96. The first kappa shape index (κ1) is 15.3. The Morgan fingerprint density at radius 3 is 2.72 bits per heavy atom. The molecule has 0 bridgehead atoms. The molecular weight excluding hydrogens is 319 g/mol. The van der Waals surface area contributed by atoms with Gasteiger partial charge in [0.25, 0.3) is 0 Å². The molecule has 4 nitrogen and oxygen atoms in total. The van der Waals surface area contributed by atoms with Crippen molar-refractivity contribution in [2.75, 3.05) is 11.9 Å². The summed E-state index contributed by atoms with van der Waals surface area (Å²) in [6, 6.07) is 15.7. The molecule has 2 aromatic carbocycles. The normalized spacial score (nSPS) is 15.5. The third-order valence-corrected chi connectivity index (χ3v) is 4.43. The van der Waals surface area contributed by atoms with Crippen molar-refractivity contribution in [2.24, 2.45) is 0 Å². The minimum absolute atomic E-state index is 0.107. The number of rotatable bonds is 3. The van der Waals surface area contributed by atoms with E-state index in [0.717, 1.165) is 16.7 Å². The highest BCUT2D eigenvalue weighted by Crippen LogP contribution is 2.36. The second-order valence-electron chi connectivity index (χ2n) is 5.96. The highest BCUT2D eigenvalue weighted by Gasteiger charge is 2.32. The monoisotopic (exact) mass is 334 g/mol. The van der Waals surface area contributed by atoms with Gasteiger partial charge in [-0.1, -0.05) is 36.4 Å². The number of hydrogen-bond donors (Lipinski definition) is 2. The zero-order valence-corrected chi connectivity index (χ0v) is 13.2. The zero-order valence-electron chi connectivity index (χ0n) is 13.2. The maximum absolute atomic E-state index is 14.1. The van der Waals surface area contributed by atoms with Gasteiger partial charge in [-0.2, -0.15) is 0 Å². The molecule has 1 aliphatic heterocycles. The van der Waals surface area contributed by atoms with Gasteiger partial charge in [0.1, 0.15) is 5.82 Å². The quantitative estimate of drug-likeness (QED) is 0.711. The molecule has 5 heteroatoms. The Balaban J connectivity index is 1.74. The number of carbonyl (C=O) groups is 1. The Bertz CT molecular complexity index is 957. The molecule has 0 amide bonds. The zero-order chi connectivity index (χ0) is 17.4. The van der Waals surface area contributed by atoms with Gasteiger partial charge in [-0.15, -0.1) is 0 Å². The molecule has 2 N–H and O–H groups in total. The van der Waals surface area contributed by atoms with Crippen LogP contribution in [0.1, 0.15) is 21.8 Å². The molecule has 0 radical (unpaired) electrons. The second kappa shape index (κ2) is 6.02. The van der Waals surface area contributed by atoms with Gasteiger partial charge in [-0.3, -0.25) is 4.79 Å². The van der Waals surface area contributed by atoms with E-state index in [1.54, 1.807) is 6.20 Å². The van der Waals surface area contributed by atoms with Crippen LogP contribution in [0.15, 0.2) is 60.8 Å². The van der Waals surface area contributed by atoms with Gasteiger partial charge in [0.15, 0.2) is 17.3 Å². The van der Waals surface area contributed by atoms with Crippen LogP contribution in [0.3, 0.4) is 0 Å². The number of halogens is 1. The average Bonchev–Trinajstić information content (AvgIpc) is 3.07. The lowest BCUT2D eigenvalue weighted by Gasteiger charge is -2.11. The van der Waals surface area contributed by atoms with Gasteiger partial charge in [0, 0.05) is 23.9 Å². The van der Waals surface area contributed by atoms with E-state index in [4.69, 9.17) is 0 Å². The van der Waals surface area contributed by atoms with E-state index in [1.807, 2.05) is 36.4 Å². The number of phenolic OH excluding ortho intramolecular Hbond substituents is 1. The molecule has 1 unspecified atom stereocenters. The first-order valence-electron chi connectivity index (χ1n) is 7.96. The Kier molecular flexibility index (Phi) is 3.69. The number of phenols is 1. The van der Waals surface area contributed by atoms with Gasteiger partial charge in [0.05, 0.1) is 11.5 Å². The van der Waals surface area contributed by atoms with Crippen molar-refractivity contribution >= 4 is 11.6 Å². The van der Waals surface area contributed by atoms with Gasteiger partial charge >= 0.3 is 0 Å². The lowest BCUT2D eigenvalue weighted by molar-refractivity contribution is 0.0961. The molecule has 0 spiro atoms. The molecular formula is C20H15FN2O2. The summed E-state index contributed by atoms with van der Waals surface area (Å²) < 4.78 is 14.1. The van der Waals surface area contributed by atoms with Gasteiger partial charge < -0.3 is 10.4 Å². The summed E-state index contributed by atoms with van der Waals surface area (Å²) in [5.41, 5.74) is 2.54. The Morgan fingerprint density at radius 1 is 1.12 bits per heavy atom. The molecule has 1 aromatic heterocycles. The summed E-state index contributed by atoms with van der Waals surface area (Å²) in [6.45, 7) is 0.356. The highest BCUT2D eigenvalue weighted by atomic mass is 19.1. The fraction of sp³-hybridized carbons (Fsp3) is 0.100. The molecule has 1 aliphatic rings. The van der Waals surface area contributed by atoms with Crippen molar-refractivity contribution < 1.29 is 14.3 Å². The number of aromatic hydroxyl groups is 1. The number of anilines is 1. The molecule has 25 heavy (non-hydrogen) atoms. The number of aromatic nitrogens is 1. The van der Waals surface area contributed by atoms with E-state index >= 15 is 0 Å². The number of nitrogens with zero attached hydrogens (tertiary/aromatic N) is 1. The predicted octanol–water partition coefficient (Wildman–Crippen LogP) is 3.99. The van der Waals surface area contributed by atoms with Gasteiger partial charge in [-0.25, -0.2) is 9.37 Å². The van der Waals surface area contributed by atoms with Crippen LogP contribution in [-0.4, -0.2) is 22.4 Å². The largest absolute Gasteiger partial charge is 0.505 e. The Hall–Kier alpha value is -3.21. The van der Waals surface area contributed by atoms with Crippen LogP contribution < -0.4 is 5.32 Å². The van der Waals surface area contributed by atoms with E-state index in [2.05, 4.69) is 10.3 Å². The summed E-state index contributed by atoms with van der Waals surface area (Å²) in [4.78, 5) is 17.2. The Morgan fingerprint density at radius 2 is 1.92 bits per heavy atom. The van der Waals surface area contributed by atoms with Gasteiger partial charge in [-0.05, 0) is 23.8 Å². The van der Waals surface area contributed by atoms with Crippen molar-refractivity contribution in [1.82, 2.24) is 4.98 Å². The first-order chi connectivity index (χ1) is 12.1. The minimum Gasteiger partial charge on any atom is -0.505 e. The number of Topliss-reactive ketones (excluding diaryl/α,β-unsaturated/α-hetero) is 1. The molecule has 0 saturated heterocycles. The molecule has 124 valence electrons. The minimum atomic E-state index is -0.881. The van der Waals surface area contributed by atoms with E-state index in [0.29, 0.717) is 12.4 Å². The van der Waals surface area contributed by atoms with E-state index in [9.17, 15) is 14.3 Å². The Labute approximate surface area is 144 Å². The van der Waals surface area contributed by atoms with Crippen molar-refractivity contribution in [1.29, 1.82) is 0 Å². The standard InChI is InChI=1S/C20H15FN2O2/c21-18-14(7-4-8-17(18)24)19(25)16-11-23-20-15(16)9-13(10-22-20)12-5-2-1-3-6-12/h1-10,16,24H,11H2,(H,22,23). The van der Waals surface area contributed by atoms with Crippen LogP contribution in [0.25, 0.3) is 11.1 Å². The maximum Gasteiger partial charge on any atom is 0.175 e. The molecule has 0 fully saturated rings. The van der Waals surface area contributed by atoms with Crippen LogP contribution >= 0.6 is 0 Å². The van der Waals surface area contributed by atoms with Crippen LogP contribution in [0.4, 0.5) is 10.2 Å². The number of ketones is 1. The van der Waals surface area contributed by atoms with Crippen molar-refractivity contribution in [3.05, 3.63) is 77.7 Å². The maximum atomic E-state index is 14.1. The summed E-state index contributed by atoms with van der Waals surface area (Å²) >= 11 is 0. The van der Waals surface area contributed by atoms with Gasteiger partial charge in [0.2, 0.25) is 0 Å². The summed E-state index contributed by atoms with van der Waals surface area (Å²) in [6.07, 6.45) is 1.75. The fourth-order valence-electron chi connectivity index (χ4n) is 3.12. The van der Waals surface area contributed by atoms with Crippen molar-refractivity contribution in [3.63, 3.8) is 0 Å². The van der Waals surface area contributed by atoms with E-state index < -0.39 is 17.5 Å². The van der Waals surface area contributed by atoms with E-state index in [-0.39, 0.29) is 11.3 Å². The smallest absolute Gasteiger partial charge is 0.175 e. The molecule has 1 atom stereocenters. The fourth-order valence-corrected chi connectivity index (χ4v) is 3.12. The second-order valence-corrected chi connectivity index (χ2v) is 5.96. The molecule has 0 saturated carbocycles.